The summed E-state index contributed by atoms with van der Waals surface area (Å²) in [5, 5.41) is 8.89. The lowest BCUT2D eigenvalue weighted by atomic mass is 9.65. The lowest BCUT2D eigenvalue weighted by molar-refractivity contribution is 0.216. The van der Waals surface area contributed by atoms with Gasteiger partial charge in [-0.1, -0.05) is 53.7 Å². The zero-order valence-corrected chi connectivity index (χ0v) is 20.1. The summed E-state index contributed by atoms with van der Waals surface area (Å²) in [6.45, 7) is 12.1. The minimum Gasteiger partial charge on any atom is -0.212 e. The molecule has 0 amide bonds. The second-order valence-corrected chi connectivity index (χ2v) is 11.6. The Balaban J connectivity index is 2.77. The highest BCUT2D eigenvalue weighted by Gasteiger charge is 2.46. The van der Waals surface area contributed by atoms with Crippen LogP contribution in [-0.2, 0) is 15.4 Å². The summed E-state index contributed by atoms with van der Waals surface area (Å²) in [5.74, 6) is -0.332. The molecule has 0 saturated heterocycles. The van der Waals surface area contributed by atoms with E-state index in [-0.39, 0.29) is 17.5 Å². The van der Waals surface area contributed by atoms with Gasteiger partial charge in [0.1, 0.15) is 5.82 Å². The monoisotopic (exact) mass is 435 g/mol. The van der Waals surface area contributed by atoms with E-state index in [4.69, 9.17) is 0 Å². The molecular weight excluding hydrogens is 401 g/mol. The van der Waals surface area contributed by atoms with E-state index in [1.807, 2.05) is 33.8 Å². The molecule has 0 radical (unpaired) electrons. The molecule has 1 heterocycles. The highest BCUT2D eigenvalue weighted by Crippen LogP contribution is 2.45. The first kappa shape index (κ1) is 24.4. The van der Waals surface area contributed by atoms with Crippen molar-refractivity contribution in [3.05, 3.63) is 47.4 Å². The van der Waals surface area contributed by atoms with Gasteiger partial charge in [-0.05, 0) is 41.5 Å². The summed E-state index contributed by atoms with van der Waals surface area (Å²) in [5.41, 5.74) is 1.22. The van der Waals surface area contributed by atoms with Crippen LogP contribution in [0, 0.1) is 11.2 Å². The third kappa shape index (κ3) is 4.72. The van der Waals surface area contributed by atoms with Gasteiger partial charge >= 0.3 is 0 Å². The Kier molecular flexibility index (Phi) is 7.09. The van der Waals surface area contributed by atoms with Crippen LogP contribution in [0.5, 0.6) is 0 Å². The van der Waals surface area contributed by atoms with Crippen molar-refractivity contribution in [2.45, 2.75) is 59.3 Å². The van der Waals surface area contributed by atoms with Crippen molar-refractivity contribution in [1.82, 2.24) is 14.5 Å². The predicted octanol–water partition coefficient (Wildman–Crippen LogP) is 4.99. The molecule has 0 bridgehead atoms. The third-order valence-electron chi connectivity index (χ3n) is 6.32. The number of rotatable bonds is 7. The fourth-order valence-electron chi connectivity index (χ4n) is 3.37. The quantitative estimate of drug-likeness (QED) is 0.614. The summed E-state index contributed by atoms with van der Waals surface area (Å²) in [6.07, 6.45) is 0.843. The van der Waals surface area contributed by atoms with Gasteiger partial charge in [0.2, 0.25) is 10.0 Å². The number of sulfonamides is 1. The van der Waals surface area contributed by atoms with E-state index in [2.05, 4.69) is 24.0 Å². The highest BCUT2D eigenvalue weighted by molar-refractivity contribution is 7.89. The first-order chi connectivity index (χ1) is 13.7. The SMILES string of the molecule is CC[C@H](C)c1cc(-c2ccccc2F)nnc1[C@](C)(CS(=O)(=O)N(C)C)C(C)(C)C. The lowest BCUT2D eigenvalue weighted by Crippen LogP contribution is -2.47. The zero-order chi connectivity index (χ0) is 22.9. The van der Waals surface area contributed by atoms with Gasteiger partial charge in [-0.2, -0.15) is 10.2 Å². The Hall–Kier alpha value is -1.86. The molecule has 2 atom stereocenters. The number of hydrogen-bond donors (Lipinski definition) is 0. The molecule has 30 heavy (non-hydrogen) atoms. The lowest BCUT2D eigenvalue weighted by Gasteiger charge is -2.43. The van der Waals surface area contributed by atoms with Crippen LogP contribution in [0.4, 0.5) is 4.39 Å². The van der Waals surface area contributed by atoms with Crippen molar-refractivity contribution < 1.29 is 12.8 Å². The van der Waals surface area contributed by atoms with E-state index in [1.165, 1.54) is 10.4 Å². The van der Waals surface area contributed by atoms with Gasteiger partial charge < -0.3 is 0 Å². The molecule has 166 valence electrons. The molecule has 7 heteroatoms. The Bertz CT molecular complexity index is 1000. The predicted molar refractivity (Wildman–Crippen MR) is 120 cm³/mol. The van der Waals surface area contributed by atoms with E-state index < -0.39 is 20.9 Å². The number of halogens is 1. The minimum absolute atomic E-state index is 0.0896. The third-order valence-corrected chi connectivity index (χ3v) is 8.38. The molecule has 0 unspecified atom stereocenters. The zero-order valence-electron chi connectivity index (χ0n) is 19.3. The largest absolute Gasteiger partial charge is 0.214 e. The van der Waals surface area contributed by atoms with Gasteiger partial charge in [0.05, 0.1) is 17.1 Å². The summed E-state index contributed by atoms with van der Waals surface area (Å²) >= 11 is 0. The van der Waals surface area contributed by atoms with Crippen LogP contribution >= 0.6 is 0 Å². The summed E-state index contributed by atoms with van der Waals surface area (Å²) < 4.78 is 41.4. The van der Waals surface area contributed by atoms with E-state index in [0.29, 0.717) is 17.0 Å². The molecule has 5 nitrogen and oxygen atoms in total. The maximum Gasteiger partial charge on any atom is 0.214 e. The molecule has 1 aromatic heterocycles. The van der Waals surface area contributed by atoms with Crippen LogP contribution < -0.4 is 0 Å². The van der Waals surface area contributed by atoms with Crippen molar-refractivity contribution in [3.8, 4) is 11.3 Å². The smallest absolute Gasteiger partial charge is 0.212 e. The molecule has 0 spiro atoms. The first-order valence-electron chi connectivity index (χ1n) is 10.3. The van der Waals surface area contributed by atoms with E-state index in [1.54, 1.807) is 32.3 Å². The number of hydrogen-bond acceptors (Lipinski definition) is 4. The van der Waals surface area contributed by atoms with E-state index in [9.17, 15) is 12.8 Å². The highest BCUT2D eigenvalue weighted by atomic mass is 32.2. The first-order valence-corrected chi connectivity index (χ1v) is 11.9. The number of nitrogens with zero attached hydrogens (tertiary/aromatic N) is 3. The molecule has 0 saturated carbocycles. The van der Waals surface area contributed by atoms with Gasteiger partial charge in [-0.25, -0.2) is 17.1 Å². The van der Waals surface area contributed by atoms with Crippen LogP contribution in [0.15, 0.2) is 30.3 Å². The molecule has 2 rings (SSSR count). The van der Waals surface area contributed by atoms with Gasteiger partial charge in [0.25, 0.3) is 0 Å². The van der Waals surface area contributed by atoms with Crippen LogP contribution in [0.1, 0.15) is 65.1 Å². The van der Waals surface area contributed by atoms with Crippen molar-refractivity contribution in [2.75, 3.05) is 19.8 Å². The standard InChI is InChI=1S/C23H34FN3O2S/c1-9-16(2)18-14-20(17-12-10-11-13-19(17)24)25-26-21(18)23(6,22(3,4)5)15-30(28,29)27(7)8/h10-14,16H,9,15H2,1-8H3/t16-,23-/m0/s1. The van der Waals surface area contributed by atoms with Crippen molar-refractivity contribution in [2.24, 2.45) is 5.41 Å². The molecule has 0 fully saturated rings. The van der Waals surface area contributed by atoms with Crippen LogP contribution in [0.2, 0.25) is 0 Å². The average molecular weight is 436 g/mol. The Labute approximate surface area is 180 Å². The Morgan fingerprint density at radius 1 is 1.10 bits per heavy atom. The van der Waals surface area contributed by atoms with Crippen LogP contribution in [0.25, 0.3) is 11.3 Å². The van der Waals surface area contributed by atoms with Crippen molar-refractivity contribution in [3.63, 3.8) is 0 Å². The van der Waals surface area contributed by atoms with Crippen LogP contribution in [0.3, 0.4) is 0 Å². The van der Waals surface area contributed by atoms with E-state index >= 15 is 0 Å². The second kappa shape index (κ2) is 8.71. The molecular formula is C23H34FN3O2S. The topological polar surface area (TPSA) is 63.2 Å². The van der Waals surface area contributed by atoms with Crippen molar-refractivity contribution >= 4 is 10.0 Å². The molecule has 0 N–H and O–H groups in total. The fourth-order valence-corrected chi connectivity index (χ4v) is 4.92. The minimum atomic E-state index is -3.50. The second-order valence-electron chi connectivity index (χ2n) is 9.44. The summed E-state index contributed by atoms with van der Waals surface area (Å²) in [6, 6.07) is 8.36. The van der Waals surface area contributed by atoms with Gasteiger partial charge in [0.15, 0.2) is 0 Å². The molecule has 0 aliphatic carbocycles. The maximum absolute atomic E-state index is 14.4. The Morgan fingerprint density at radius 3 is 2.20 bits per heavy atom. The van der Waals surface area contributed by atoms with E-state index in [0.717, 1.165) is 12.0 Å². The normalized spacial score (nSPS) is 15.8. The summed E-state index contributed by atoms with van der Waals surface area (Å²) in [4.78, 5) is 0. The fraction of sp³-hybridized carbons (Fsp3) is 0.565. The number of benzene rings is 1. The average Bonchev–Trinajstić information content (AvgIpc) is 2.65. The molecule has 0 aliphatic rings. The number of aromatic nitrogens is 2. The van der Waals surface area contributed by atoms with Gasteiger partial charge in [-0.15, -0.1) is 0 Å². The summed E-state index contributed by atoms with van der Waals surface area (Å²) in [7, 11) is -0.415. The van der Waals surface area contributed by atoms with Gasteiger partial charge in [-0.3, -0.25) is 0 Å². The van der Waals surface area contributed by atoms with Gasteiger partial charge in [0, 0.05) is 25.1 Å². The van der Waals surface area contributed by atoms with Crippen LogP contribution in [-0.4, -0.2) is 42.8 Å². The molecule has 0 aliphatic heterocycles. The maximum atomic E-state index is 14.4. The molecule has 1 aromatic carbocycles. The van der Waals surface area contributed by atoms with Crippen molar-refractivity contribution in [1.29, 1.82) is 0 Å². The Morgan fingerprint density at radius 2 is 1.70 bits per heavy atom. The molecule has 2 aromatic rings.